The molecule has 7 nitrogen and oxygen atoms in total. The molecule has 1 fully saturated rings. The van der Waals surface area contributed by atoms with Gasteiger partial charge in [-0.15, -0.1) is 0 Å². The fourth-order valence-corrected chi connectivity index (χ4v) is 3.84. The summed E-state index contributed by atoms with van der Waals surface area (Å²) >= 11 is 0. The van der Waals surface area contributed by atoms with Crippen LogP contribution in [0.4, 0.5) is 11.4 Å². The van der Waals surface area contributed by atoms with Crippen molar-refractivity contribution in [2.24, 2.45) is 0 Å². The van der Waals surface area contributed by atoms with E-state index < -0.39 is 0 Å². The first kappa shape index (κ1) is 20.8. The SMILES string of the molecule is CCC1CCCCN1c1ccnc(C(=O)Nc2cc(OC)c(OC)c(OC)c2)c1. The summed E-state index contributed by atoms with van der Waals surface area (Å²) in [6, 6.07) is 7.74. The van der Waals surface area contributed by atoms with Gasteiger partial charge in [0.25, 0.3) is 5.91 Å². The number of nitrogens with one attached hydrogen (secondary N) is 1. The van der Waals surface area contributed by atoms with Crippen LogP contribution in [0.3, 0.4) is 0 Å². The highest BCUT2D eigenvalue weighted by Gasteiger charge is 2.22. The fraction of sp³-hybridized carbons (Fsp3) is 0.455. The molecule has 3 rings (SSSR count). The highest BCUT2D eigenvalue weighted by molar-refractivity contribution is 6.03. The van der Waals surface area contributed by atoms with Gasteiger partial charge in [0, 0.05) is 42.3 Å². The van der Waals surface area contributed by atoms with Crippen molar-refractivity contribution < 1.29 is 19.0 Å². The molecule has 29 heavy (non-hydrogen) atoms. The van der Waals surface area contributed by atoms with Gasteiger partial charge in [0.1, 0.15) is 5.69 Å². The third kappa shape index (κ3) is 4.55. The lowest BCUT2D eigenvalue weighted by molar-refractivity contribution is 0.102. The van der Waals surface area contributed by atoms with E-state index in [4.69, 9.17) is 14.2 Å². The van der Waals surface area contributed by atoms with Gasteiger partial charge in [0.2, 0.25) is 5.75 Å². The zero-order valence-corrected chi connectivity index (χ0v) is 17.5. The second-order valence-corrected chi connectivity index (χ2v) is 7.02. The minimum atomic E-state index is -0.286. The zero-order valence-electron chi connectivity index (χ0n) is 17.5. The summed E-state index contributed by atoms with van der Waals surface area (Å²) in [6.45, 7) is 3.22. The van der Waals surface area contributed by atoms with Gasteiger partial charge in [0.15, 0.2) is 11.5 Å². The standard InChI is InChI=1S/C22H29N3O4/c1-5-16-8-6-7-11-25(16)17-9-10-23-18(14-17)22(26)24-15-12-19(27-2)21(29-4)20(13-15)28-3/h9-10,12-14,16H,5-8,11H2,1-4H3,(H,24,26). The number of ether oxygens (including phenoxy) is 3. The van der Waals surface area contributed by atoms with Crippen molar-refractivity contribution in [2.75, 3.05) is 38.1 Å². The van der Waals surface area contributed by atoms with E-state index in [1.165, 1.54) is 40.6 Å². The highest BCUT2D eigenvalue weighted by Crippen LogP contribution is 2.40. The molecule has 0 aliphatic carbocycles. The number of carbonyl (C=O) groups excluding carboxylic acids is 1. The molecule has 0 spiro atoms. The van der Waals surface area contributed by atoms with Crippen molar-refractivity contribution in [3.8, 4) is 17.2 Å². The van der Waals surface area contributed by atoms with Crippen molar-refractivity contribution in [1.82, 2.24) is 4.98 Å². The van der Waals surface area contributed by atoms with Crippen LogP contribution in [0.25, 0.3) is 0 Å². The van der Waals surface area contributed by atoms with Gasteiger partial charge in [-0.3, -0.25) is 9.78 Å². The number of anilines is 2. The monoisotopic (exact) mass is 399 g/mol. The number of benzene rings is 1. The molecule has 1 aromatic heterocycles. The number of amides is 1. The van der Waals surface area contributed by atoms with Crippen molar-refractivity contribution in [3.05, 3.63) is 36.2 Å². The Morgan fingerprint density at radius 1 is 1.14 bits per heavy atom. The summed E-state index contributed by atoms with van der Waals surface area (Å²) in [7, 11) is 4.62. The summed E-state index contributed by atoms with van der Waals surface area (Å²) in [6.07, 6.45) is 6.40. The molecule has 2 aromatic rings. The largest absolute Gasteiger partial charge is 0.493 e. The van der Waals surface area contributed by atoms with E-state index in [-0.39, 0.29) is 5.91 Å². The first-order chi connectivity index (χ1) is 14.1. The van der Waals surface area contributed by atoms with Crippen LogP contribution in [-0.2, 0) is 0 Å². The molecule has 1 aromatic carbocycles. The van der Waals surface area contributed by atoms with Crippen molar-refractivity contribution in [1.29, 1.82) is 0 Å². The normalized spacial score (nSPS) is 16.3. The van der Waals surface area contributed by atoms with E-state index in [0.29, 0.717) is 34.7 Å². The molecule has 7 heteroatoms. The first-order valence-electron chi connectivity index (χ1n) is 9.95. The molecule has 1 aliphatic heterocycles. The van der Waals surface area contributed by atoms with Crippen LogP contribution in [0.5, 0.6) is 17.2 Å². The predicted octanol–water partition coefficient (Wildman–Crippen LogP) is 4.13. The molecule has 1 unspecified atom stereocenters. The molecule has 1 atom stereocenters. The Kier molecular flexibility index (Phi) is 6.80. The lowest BCUT2D eigenvalue weighted by atomic mass is 9.99. The number of aromatic nitrogens is 1. The Hall–Kier alpha value is -2.96. The van der Waals surface area contributed by atoms with Crippen LogP contribution in [-0.4, -0.2) is 44.8 Å². The van der Waals surface area contributed by atoms with Gasteiger partial charge < -0.3 is 24.4 Å². The average molecular weight is 399 g/mol. The quantitative estimate of drug-likeness (QED) is 0.755. The van der Waals surface area contributed by atoms with Crippen LogP contribution in [0.2, 0.25) is 0 Å². The number of carbonyl (C=O) groups is 1. The van der Waals surface area contributed by atoms with E-state index in [9.17, 15) is 4.79 Å². The van der Waals surface area contributed by atoms with Crippen LogP contribution < -0.4 is 24.4 Å². The summed E-state index contributed by atoms with van der Waals surface area (Å²) in [5.74, 6) is 1.14. The number of rotatable bonds is 7. The molecule has 1 aliphatic rings. The number of pyridine rings is 1. The zero-order chi connectivity index (χ0) is 20.8. The minimum Gasteiger partial charge on any atom is -0.493 e. The Morgan fingerprint density at radius 2 is 1.86 bits per heavy atom. The molecule has 1 saturated heterocycles. The molecule has 0 radical (unpaired) electrons. The van der Waals surface area contributed by atoms with Crippen LogP contribution >= 0.6 is 0 Å². The Bertz CT molecular complexity index is 831. The molecule has 156 valence electrons. The smallest absolute Gasteiger partial charge is 0.274 e. The molecule has 0 saturated carbocycles. The topological polar surface area (TPSA) is 72.9 Å². The van der Waals surface area contributed by atoms with Gasteiger partial charge in [-0.25, -0.2) is 0 Å². The van der Waals surface area contributed by atoms with E-state index >= 15 is 0 Å². The third-order valence-corrected chi connectivity index (χ3v) is 5.33. The predicted molar refractivity (Wildman–Crippen MR) is 114 cm³/mol. The average Bonchev–Trinajstić information content (AvgIpc) is 2.78. The summed E-state index contributed by atoms with van der Waals surface area (Å²) in [5.41, 5.74) is 1.96. The highest BCUT2D eigenvalue weighted by atomic mass is 16.5. The molecular formula is C22H29N3O4. The second-order valence-electron chi connectivity index (χ2n) is 7.02. The van der Waals surface area contributed by atoms with Gasteiger partial charge >= 0.3 is 0 Å². The van der Waals surface area contributed by atoms with Crippen LogP contribution in [0.15, 0.2) is 30.5 Å². The number of hydrogen-bond donors (Lipinski definition) is 1. The maximum absolute atomic E-state index is 12.8. The van der Waals surface area contributed by atoms with Gasteiger partial charge in [-0.2, -0.15) is 0 Å². The Morgan fingerprint density at radius 3 is 2.48 bits per heavy atom. The van der Waals surface area contributed by atoms with E-state index in [1.807, 2.05) is 12.1 Å². The molecule has 1 amide bonds. The van der Waals surface area contributed by atoms with Crippen molar-refractivity contribution >= 4 is 17.3 Å². The Balaban J connectivity index is 1.83. The van der Waals surface area contributed by atoms with E-state index in [1.54, 1.807) is 18.3 Å². The Labute approximate surface area is 172 Å². The van der Waals surface area contributed by atoms with E-state index in [2.05, 4.69) is 22.1 Å². The van der Waals surface area contributed by atoms with Crippen molar-refractivity contribution in [2.45, 2.75) is 38.6 Å². The number of hydrogen-bond acceptors (Lipinski definition) is 6. The van der Waals surface area contributed by atoms with Gasteiger partial charge in [0.05, 0.1) is 21.3 Å². The summed E-state index contributed by atoms with van der Waals surface area (Å²) in [5, 5.41) is 2.88. The summed E-state index contributed by atoms with van der Waals surface area (Å²) < 4.78 is 16.0. The molecule has 2 heterocycles. The number of methoxy groups -OCH3 is 3. The third-order valence-electron chi connectivity index (χ3n) is 5.33. The lowest BCUT2D eigenvalue weighted by Crippen LogP contribution is -2.39. The number of piperidine rings is 1. The summed E-state index contributed by atoms with van der Waals surface area (Å²) in [4.78, 5) is 19.5. The number of nitrogens with zero attached hydrogens (tertiary/aromatic N) is 2. The molecule has 0 bridgehead atoms. The minimum absolute atomic E-state index is 0.286. The maximum Gasteiger partial charge on any atom is 0.274 e. The van der Waals surface area contributed by atoms with Crippen molar-refractivity contribution in [3.63, 3.8) is 0 Å². The fourth-order valence-electron chi connectivity index (χ4n) is 3.84. The molecular weight excluding hydrogens is 370 g/mol. The second kappa shape index (κ2) is 9.49. The molecule has 1 N–H and O–H groups in total. The van der Waals surface area contributed by atoms with Crippen LogP contribution in [0, 0.1) is 0 Å². The van der Waals surface area contributed by atoms with E-state index in [0.717, 1.165) is 18.7 Å². The first-order valence-corrected chi connectivity index (χ1v) is 9.95. The van der Waals surface area contributed by atoms with Crippen LogP contribution in [0.1, 0.15) is 43.1 Å². The lowest BCUT2D eigenvalue weighted by Gasteiger charge is -2.37. The van der Waals surface area contributed by atoms with Gasteiger partial charge in [-0.05, 0) is 37.8 Å². The maximum atomic E-state index is 12.8. The van der Waals surface area contributed by atoms with Gasteiger partial charge in [-0.1, -0.05) is 6.92 Å².